The molecule has 1 aromatic rings. The average Bonchev–Trinajstić information content (AvgIpc) is 2.51. The van der Waals surface area contributed by atoms with Gasteiger partial charge in [-0.25, -0.2) is 8.78 Å². The van der Waals surface area contributed by atoms with E-state index in [1.165, 1.54) is 25.0 Å². The number of hydrogen-bond acceptors (Lipinski definition) is 3. The minimum atomic E-state index is -0.805. The summed E-state index contributed by atoms with van der Waals surface area (Å²) >= 11 is 0. The molecule has 5 heteroatoms. The van der Waals surface area contributed by atoms with Crippen LogP contribution in [0, 0.1) is 17.6 Å². The summed E-state index contributed by atoms with van der Waals surface area (Å²) in [7, 11) is 0. The summed E-state index contributed by atoms with van der Waals surface area (Å²) in [6.07, 6.45) is 2.27. The molecule has 2 fully saturated rings. The van der Waals surface area contributed by atoms with E-state index in [9.17, 15) is 8.78 Å². The van der Waals surface area contributed by atoms with Crippen molar-refractivity contribution in [2.75, 3.05) is 39.3 Å². The minimum Gasteiger partial charge on any atom is -0.371 e. The average molecular weight is 296 g/mol. The van der Waals surface area contributed by atoms with Crippen LogP contribution in [0.3, 0.4) is 0 Å². The smallest absolute Gasteiger partial charge is 0.159 e. The standard InChI is InChI=1S/C16H22F2N2O/c17-14-2-1-13(9-15(14)18)16-11-20(7-8-21-16)10-12-3-5-19-6-4-12/h1-2,9,12,16,19H,3-8,10-11H2. The number of nitrogens with one attached hydrogen (secondary N) is 1. The first kappa shape index (κ1) is 14.9. The number of ether oxygens (including phenoxy) is 1. The van der Waals surface area contributed by atoms with Gasteiger partial charge in [0.05, 0.1) is 12.7 Å². The van der Waals surface area contributed by atoms with Crippen molar-refractivity contribution in [3.8, 4) is 0 Å². The Morgan fingerprint density at radius 3 is 2.76 bits per heavy atom. The quantitative estimate of drug-likeness (QED) is 0.926. The number of rotatable bonds is 3. The second kappa shape index (κ2) is 6.81. The van der Waals surface area contributed by atoms with Crippen molar-refractivity contribution in [3.63, 3.8) is 0 Å². The van der Waals surface area contributed by atoms with Crippen LogP contribution in [0.1, 0.15) is 24.5 Å². The summed E-state index contributed by atoms with van der Waals surface area (Å²) < 4.78 is 32.1. The number of nitrogens with zero attached hydrogens (tertiary/aromatic N) is 1. The number of morpholine rings is 1. The van der Waals surface area contributed by atoms with Gasteiger partial charge in [-0.3, -0.25) is 4.90 Å². The molecule has 0 radical (unpaired) electrons. The summed E-state index contributed by atoms with van der Waals surface area (Å²) in [5, 5.41) is 3.38. The second-order valence-corrected chi connectivity index (χ2v) is 5.99. The van der Waals surface area contributed by atoms with Crippen LogP contribution in [0.2, 0.25) is 0 Å². The molecule has 0 spiro atoms. The molecule has 0 bridgehead atoms. The van der Waals surface area contributed by atoms with Crippen molar-refractivity contribution in [2.24, 2.45) is 5.92 Å². The lowest BCUT2D eigenvalue weighted by Crippen LogP contribution is -2.43. The Bertz CT molecular complexity index is 477. The second-order valence-electron chi connectivity index (χ2n) is 5.99. The van der Waals surface area contributed by atoms with Crippen LogP contribution in [0.25, 0.3) is 0 Å². The molecule has 3 rings (SSSR count). The first-order valence-corrected chi connectivity index (χ1v) is 7.72. The fourth-order valence-corrected chi connectivity index (χ4v) is 3.21. The molecule has 2 aliphatic rings. The first-order chi connectivity index (χ1) is 10.2. The lowest BCUT2D eigenvalue weighted by Gasteiger charge is -2.36. The molecule has 2 heterocycles. The van der Waals surface area contributed by atoms with Crippen LogP contribution < -0.4 is 5.32 Å². The van der Waals surface area contributed by atoms with Gasteiger partial charge in [0.2, 0.25) is 0 Å². The van der Waals surface area contributed by atoms with E-state index in [0.29, 0.717) is 6.61 Å². The van der Waals surface area contributed by atoms with Crippen molar-refractivity contribution in [3.05, 3.63) is 35.4 Å². The summed E-state index contributed by atoms with van der Waals surface area (Å²) in [6, 6.07) is 4.06. The molecule has 2 aliphatic heterocycles. The van der Waals surface area contributed by atoms with Gasteiger partial charge in [-0.2, -0.15) is 0 Å². The maximum Gasteiger partial charge on any atom is 0.159 e. The zero-order valence-corrected chi connectivity index (χ0v) is 12.2. The van der Waals surface area contributed by atoms with Gasteiger partial charge in [0.1, 0.15) is 0 Å². The van der Waals surface area contributed by atoms with Crippen LogP contribution in [-0.2, 0) is 4.74 Å². The van der Waals surface area contributed by atoms with Crippen LogP contribution in [-0.4, -0.2) is 44.2 Å². The molecule has 1 unspecified atom stereocenters. The monoisotopic (exact) mass is 296 g/mol. The van der Waals surface area contributed by atoms with E-state index in [1.807, 2.05) is 0 Å². The molecule has 3 nitrogen and oxygen atoms in total. The third kappa shape index (κ3) is 3.78. The number of benzene rings is 1. The van der Waals surface area contributed by atoms with E-state index in [4.69, 9.17) is 4.74 Å². The molecule has 0 aromatic heterocycles. The lowest BCUT2D eigenvalue weighted by molar-refractivity contribution is -0.0358. The van der Waals surface area contributed by atoms with Crippen molar-refractivity contribution >= 4 is 0 Å². The largest absolute Gasteiger partial charge is 0.371 e. The number of hydrogen-bond donors (Lipinski definition) is 1. The summed E-state index contributed by atoms with van der Waals surface area (Å²) in [5.41, 5.74) is 0.726. The van der Waals surface area contributed by atoms with Crippen molar-refractivity contribution in [1.29, 1.82) is 0 Å². The van der Waals surface area contributed by atoms with Gasteiger partial charge < -0.3 is 10.1 Å². The fourth-order valence-electron chi connectivity index (χ4n) is 3.21. The molecule has 0 saturated carbocycles. The maximum absolute atomic E-state index is 13.4. The predicted molar refractivity (Wildman–Crippen MR) is 77.1 cm³/mol. The van der Waals surface area contributed by atoms with Crippen LogP contribution in [0.4, 0.5) is 8.78 Å². The molecule has 0 aliphatic carbocycles. The van der Waals surface area contributed by atoms with Crippen molar-refractivity contribution in [1.82, 2.24) is 10.2 Å². The van der Waals surface area contributed by atoms with E-state index < -0.39 is 11.6 Å². The molecular weight excluding hydrogens is 274 g/mol. The molecule has 0 amide bonds. The Balaban J connectivity index is 1.60. The van der Waals surface area contributed by atoms with Gasteiger partial charge in [0.15, 0.2) is 11.6 Å². The molecule has 1 N–H and O–H groups in total. The maximum atomic E-state index is 13.4. The minimum absolute atomic E-state index is 0.157. The highest BCUT2D eigenvalue weighted by atomic mass is 19.2. The highest BCUT2D eigenvalue weighted by molar-refractivity contribution is 5.21. The molecule has 1 atom stereocenters. The highest BCUT2D eigenvalue weighted by Gasteiger charge is 2.25. The molecule has 2 saturated heterocycles. The van der Waals surface area contributed by atoms with Gasteiger partial charge >= 0.3 is 0 Å². The number of piperidine rings is 1. The SMILES string of the molecule is Fc1ccc(C2CN(CC3CCNCC3)CCO2)cc1F. The van der Waals surface area contributed by atoms with E-state index in [-0.39, 0.29) is 6.10 Å². The fraction of sp³-hybridized carbons (Fsp3) is 0.625. The predicted octanol–water partition coefficient (Wildman–Crippen LogP) is 2.34. The Hall–Kier alpha value is -1.04. The number of halogens is 2. The van der Waals surface area contributed by atoms with Gasteiger partial charge in [-0.05, 0) is 49.5 Å². The first-order valence-electron chi connectivity index (χ1n) is 7.72. The Morgan fingerprint density at radius 2 is 2.00 bits per heavy atom. The van der Waals surface area contributed by atoms with Crippen molar-refractivity contribution in [2.45, 2.75) is 18.9 Å². The Morgan fingerprint density at radius 1 is 1.19 bits per heavy atom. The summed E-state index contributed by atoms with van der Waals surface area (Å²) in [4.78, 5) is 2.39. The zero-order valence-electron chi connectivity index (χ0n) is 12.2. The Kier molecular flexibility index (Phi) is 4.83. The Labute approximate surface area is 124 Å². The van der Waals surface area contributed by atoms with E-state index in [2.05, 4.69) is 10.2 Å². The molecule has 21 heavy (non-hydrogen) atoms. The van der Waals surface area contributed by atoms with E-state index in [1.54, 1.807) is 6.07 Å². The van der Waals surface area contributed by atoms with Gasteiger partial charge in [-0.1, -0.05) is 6.07 Å². The van der Waals surface area contributed by atoms with E-state index >= 15 is 0 Å². The molecule has 1 aromatic carbocycles. The third-order valence-electron chi connectivity index (χ3n) is 4.44. The van der Waals surface area contributed by atoms with Gasteiger partial charge in [0.25, 0.3) is 0 Å². The highest BCUT2D eigenvalue weighted by Crippen LogP contribution is 2.25. The normalized spacial score (nSPS) is 25.1. The lowest BCUT2D eigenvalue weighted by atomic mass is 9.97. The third-order valence-corrected chi connectivity index (χ3v) is 4.44. The van der Waals surface area contributed by atoms with Gasteiger partial charge in [0, 0.05) is 19.6 Å². The van der Waals surface area contributed by atoms with Crippen LogP contribution in [0.15, 0.2) is 18.2 Å². The molecule has 116 valence electrons. The summed E-state index contributed by atoms with van der Waals surface area (Å²) in [6.45, 7) is 5.60. The van der Waals surface area contributed by atoms with E-state index in [0.717, 1.165) is 44.2 Å². The van der Waals surface area contributed by atoms with Crippen molar-refractivity contribution < 1.29 is 13.5 Å². The summed E-state index contributed by atoms with van der Waals surface area (Å²) in [5.74, 6) is -0.873. The topological polar surface area (TPSA) is 24.5 Å². The van der Waals surface area contributed by atoms with Crippen LogP contribution >= 0.6 is 0 Å². The molecular formula is C16H22F2N2O. The zero-order chi connectivity index (χ0) is 14.7. The van der Waals surface area contributed by atoms with Crippen LogP contribution in [0.5, 0.6) is 0 Å². The van der Waals surface area contributed by atoms with Gasteiger partial charge in [-0.15, -0.1) is 0 Å².